The molecule has 10 nitrogen and oxygen atoms in total. The van der Waals surface area contributed by atoms with E-state index in [0.29, 0.717) is 23.3 Å². The average Bonchev–Trinajstić information content (AvgIpc) is 3.92. The van der Waals surface area contributed by atoms with Crippen LogP contribution < -0.4 is 14.2 Å². The minimum absolute atomic E-state index is 0.00229. The third-order valence-electron chi connectivity index (χ3n) is 7.89. The van der Waals surface area contributed by atoms with Crippen molar-refractivity contribution in [2.24, 2.45) is 0 Å². The summed E-state index contributed by atoms with van der Waals surface area (Å²) in [6.45, 7) is 3.84. The Morgan fingerprint density at radius 2 is 1.36 bits per heavy atom. The molecule has 2 aliphatic carbocycles. The van der Waals surface area contributed by atoms with Crippen LogP contribution in [-0.4, -0.2) is 37.4 Å². The van der Waals surface area contributed by atoms with Crippen LogP contribution in [0.1, 0.15) is 84.1 Å². The summed E-state index contributed by atoms with van der Waals surface area (Å²) in [4.78, 5) is 25.6. The average molecular weight is 650 g/mol. The third kappa shape index (κ3) is 7.18. The molecule has 2 aromatic carbocycles. The van der Waals surface area contributed by atoms with Crippen molar-refractivity contribution in [3.8, 4) is 29.0 Å². The summed E-state index contributed by atoms with van der Waals surface area (Å²) in [7, 11) is 0. The number of carbonyl (C=O) groups excluding carboxylic acids is 1. The Bertz CT molecular complexity index is 1780. The number of carbonyl (C=O) groups is 2. The molecule has 0 saturated heterocycles. The second-order valence-corrected chi connectivity index (χ2v) is 12.2. The Labute approximate surface area is 269 Å². The fraction of sp³-hybridized carbons (Fsp3) is 0.333. The number of hydrogen-bond donors (Lipinski definition) is 1. The standard InChI is InChI=1S/C33H30Cl2N4O6/c1-17-5-3-7-21(19-9-10-19)29(17)44-31-24(15-26(34)36-38-31)23(13-14-28(40)41)33(42)43-25-16-27(35)37-39-32(25)45-30-18(2)6-4-8-22(30)20-11-12-20/h3-8,15-16,19-20,23H,9-14H2,1-2H3,(H,40,41). The highest BCUT2D eigenvalue weighted by molar-refractivity contribution is 6.29. The highest BCUT2D eigenvalue weighted by Gasteiger charge is 2.33. The molecular formula is C33H30Cl2N4O6. The van der Waals surface area contributed by atoms with Gasteiger partial charge in [0.15, 0.2) is 16.1 Å². The van der Waals surface area contributed by atoms with Gasteiger partial charge in [-0.2, -0.15) is 0 Å². The lowest BCUT2D eigenvalue weighted by atomic mass is 9.95. The van der Waals surface area contributed by atoms with Crippen LogP contribution in [0.5, 0.6) is 29.0 Å². The van der Waals surface area contributed by atoms with Crippen molar-refractivity contribution in [3.05, 3.63) is 86.7 Å². The van der Waals surface area contributed by atoms with E-state index in [2.05, 4.69) is 20.4 Å². The summed E-state index contributed by atoms with van der Waals surface area (Å²) in [5, 5.41) is 25.6. The Morgan fingerprint density at radius 3 is 1.91 bits per heavy atom. The second kappa shape index (κ2) is 13.0. The number of aliphatic carboxylic acids is 1. The van der Waals surface area contributed by atoms with Gasteiger partial charge in [0.2, 0.25) is 5.88 Å². The zero-order valence-corrected chi connectivity index (χ0v) is 26.1. The van der Waals surface area contributed by atoms with Crippen LogP contribution in [0.15, 0.2) is 48.5 Å². The minimum atomic E-state index is -1.15. The maximum Gasteiger partial charge on any atom is 0.319 e. The number of nitrogens with zero attached hydrogens (tertiary/aromatic N) is 4. The Hall–Kier alpha value is -4.28. The summed E-state index contributed by atoms with van der Waals surface area (Å²) < 4.78 is 18.4. The Kier molecular flexibility index (Phi) is 8.87. The van der Waals surface area contributed by atoms with Crippen LogP contribution in [0.4, 0.5) is 0 Å². The van der Waals surface area contributed by atoms with Crippen molar-refractivity contribution in [1.29, 1.82) is 0 Å². The van der Waals surface area contributed by atoms with Crippen LogP contribution in [0.25, 0.3) is 0 Å². The number of rotatable bonds is 12. The molecule has 0 amide bonds. The van der Waals surface area contributed by atoms with E-state index in [4.69, 9.17) is 37.4 Å². The molecule has 2 aliphatic rings. The van der Waals surface area contributed by atoms with Gasteiger partial charge in [0.1, 0.15) is 11.5 Å². The van der Waals surface area contributed by atoms with E-state index in [0.717, 1.165) is 47.9 Å². The maximum absolute atomic E-state index is 14.0. The number of hydrogen-bond acceptors (Lipinski definition) is 9. The molecule has 0 radical (unpaired) electrons. The van der Waals surface area contributed by atoms with Gasteiger partial charge in [-0.25, -0.2) is 0 Å². The fourth-order valence-electron chi connectivity index (χ4n) is 5.29. The molecule has 0 aliphatic heterocycles. The summed E-state index contributed by atoms with van der Waals surface area (Å²) >= 11 is 12.4. The van der Waals surface area contributed by atoms with E-state index in [1.165, 1.54) is 12.1 Å². The van der Waals surface area contributed by atoms with Crippen molar-refractivity contribution in [3.63, 3.8) is 0 Å². The van der Waals surface area contributed by atoms with E-state index in [9.17, 15) is 14.7 Å². The van der Waals surface area contributed by atoms with E-state index in [1.54, 1.807) is 0 Å². The van der Waals surface area contributed by atoms with E-state index in [1.807, 2.05) is 50.2 Å². The van der Waals surface area contributed by atoms with Crippen LogP contribution in [0, 0.1) is 13.8 Å². The topological polar surface area (TPSA) is 134 Å². The predicted molar refractivity (Wildman–Crippen MR) is 166 cm³/mol. The molecule has 2 heterocycles. The highest BCUT2D eigenvalue weighted by Crippen LogP contribution is 2.48. The van der Waals surface area contributed by atoms with Gasteiger partial charge in [-0.15, -0.1) is 20.4 Å². The highest BCUT2D eigenvalue weighted by atomic mass is 35.5. The molecule has 2 aromatic heterocycles. The lowest BCUT2D eigenvalue weighted by molar-refractivity contribution is -0.138. The minimum Gasteiger partial charge on any atom is -0.481 e. The number of ether oxygens (including phenoxy) is 3. The molecule has 45 heavy (non-hydrogen) atoms. The number of esters is 1. The monoisotopic (exact) mass is 648 g/mol. The van der Waals surface area contributed by atoms with Gasteiger partial charge in [-0.05, 0) is 86.1 Å². The normalized spacial score (nSPS) is 14.9. The molecular weight excluding hydrogens is 619 g/mol. The van der Waals surface area contributed by atoms with Gasteiger partial charge < -0.3 is 19.3 Å². The van der Waals surface area contributed by atoms with Gasteiger partial charge in [0.05, 0.1) is 5.92 Å². The molecule has 2 fully saturated rings. The second-order valence-electron chi connectivity index (χ2n) is 11.4. The van der Waals surface area contributed by atoms with Gasteiger partial charge >= 0.3 is 11.9 Å². The third-order valence-corrected chi connectivity index (χ3v) is 8.26. The Morgan fingerprint density at radius 1 is 0.822 bits per heavy atom. The van der Waals surface area contributed by atoms with Crippen molar-refractivity contribution in [2.75, 3.05) is 0 Å². The van der Waals surface area contributed by atoms with Crippen molar-refractivity contribution in [1.82, 2.24) is 20.4 Å². The molecule has 1 atom stereocenters. The van der Waals surface area contributed by atoms with Crippen molar-refractivity contribution in [2.45, 2.75) is 70.1 Å². The first-order valence-electron chi connectivity index (χ1n) is 14.7. The zero-order valence-electron chi connectivity index (χ0n) is 24.6. The summed E-state index contributed by atoms with van der Waals surface area (Å²) in [6.07, 6.45) is 3.72. The van der Waals surface area contributed by atoms with Crippen LogP contribution >= 0.6 is 23.2 Å². The van der Waals surface area contributed by atoms with Gasteiger partial charge in [-0.1, -0.05) is 59.6 Å². The van der Waals surface area contributed by atoms with Crippen LogP contribution in [-0.2, 0) is 9.59 Å². The summed E-state index contributed by atoms with van der Waals surface area (Å²) in [6, 6.07) is 14.6. The summed E-state index contributed by atoms with van der Waals surface area (Å²) in [5.41, 5.74) is 4.06. The molecule has 0 bridgehead atoms. The van der Waals surface area contributed by atoms with Crippen molar-refractivity contribution >= 4 is 35.1 Å². The largest absolute Gasteiger partial charge is 0.481 e. The SMILES string of the molecule is Cc1cccc(C2CC2)c1Oc1nnc(Cl)cc1OC(=O)C(CCC(=O)O)c1cc(Cl)nnc1Oc1c(C)cccc1C1CC1. The molecule has 232 valence electrons. The zero-order chi connectivity index (χ0) is 31.7. The van der Waals surface area contributed by atoms with Crippen LogP contribution in [0.3, 0.4) is 0 Å². The predicted octanol–water partition coefficient (Wildman–Crippen LogP) is 8.08. The molecule has 1 N–H and O–H groups in total. The lowest BCUT2D eigenvalue weighted by Crippen LogP contribution is -2.21. The number of halogens is 2. The number of aryl methyl sites for hydroxylation is 2. The van der Waals surface area contributed by atoms with E-state index in [-0.39, 0.29) is 46.2 Å². The number of carboxylic acids is 1. The maximum atomic E-state index is 14.0. The Balaban J connectivity index is 1.34. The quantitative estimate of drug-likeness (QED) is 0.150. The lowest BCUT2D eigenvalue weighted by Gasteiger charge is -2.20. The number of para-hydroxylation sites is 2. The number of benzene rings is 2. The molecule has 0 spiro atoms. The fourth-order valence-corrected chi connectivity index (χ4v) is 5.58. The molecule has 4 aromatic rings. The van der Waals surface area contributed by atoms with Gasteiger partial charge in [0, 0.05) is 18.1 Å². The van der Waals surface area contributed by atoms with Crippen LogP contribution in [0.2, 0.25) is 10.3 Å². The van der Waals surface area contributed by atoms with Gasteiger partial charge in [-0.3, -0.25) is 9.59 Å². The molecule has 12 heteroatoms. The first kappa shape index (κ1) is 30.7. The first-order chi connectivity index (χ1) is 21.7. The molecule has 2 saturated carbocycles. The first-order valence-corrected chi connectivity index (χ1v) is 15.5. The van der Waals surface area contributed by atoms with E-state index < -0.39 is 17.9 Å². The smallest absolute Gasteiger partial charge is 0.319 e. The number of aromatic nitrogens is 4. The van der Waals surface area contributed by atoms with E-state index >= 15 is 0 Å². The summed E-state index contributed by atoms with van der Waals surface area (Å²) in [5.74, 6) is -1.18. The van der Waals surface area contributed by atoms with Crippen molar-refractivity contribution < 1.29 is 28.9 Å². The molecule has 6 rings (SSSR count). The molecule has 1 unspecified atom stereocenters. The number of carboxylic acid groups (broad SMARTS) is 1. The van der Waals surface area contributed by atoms with Gasteiger partial charge in [0.25, 0.3) is 5.88 Å².